The van der Waals surface area contributed by atoms with Crippen molar-refractivity contribution in [1.82, 2.24) is 19.8 Å². The molecule has 4 rings (SSSR count). The summed E-state index contributed by atoms with van der Waals surface area (Å²) in [6.07, 6.45) is 0.352. The van der Waals surface area contributed by atoms with Gasteiger partial charge in [-0.25, -0.2) is 9.78 Å². The van der Waals surface area contributed by atoms with Gasteiger partial charge < -0.3 is 24.8 Å². The molecule has 2 heterocycles. The third kappa shape index (κ3) is 5.21. The van der Waals surface area contributed by atoms with Crippen LogP contribution in [0.1, 0.15) is 11.4 Å². The van der Waals surface area contributed by atoms with Gasteiger partial charge in [0.1, 0.15) is 5.82 Å². The van der Waals surface area contributed by atoms with Gasteiger partial charge in [0.15, 0.2) is 0 Å². The Kier molecular flexibility index (Phi) is 6.47. The lowest BCUT2D eigenvalue weighted by Gasteiger charge is -2.26. The van der Waals surface area contributed by atoms with Gasteiger partial charge in [-0.2, -0.15) is 0 Å². The Morgan fingerprint density at radius 1 is 1.06 bits per heavy atom. The van der Waals surface area contributed by atoms with Crippen LogP contribution in [0.3, 0.4) is 0 Å². The van der Waals surface area contributed by atoms with Gasteiger partial charge in [0.05, 0.1) is 30.7 Å². The predicted molar refractivity (Wildman–Crippen MR) is 119 cm³/mol. The topological polar surface area (TPSA) is 88.5 Å². The summed E-state index contributed by atoms with van der Waals surface area (Å²) in [7, 11) is 0. The number of imidazole rings is 1. The lowest BCUT2D eigenvalue weighted by Crippen LogP contribution is -2.41. The van der Waals surface area contributed by atoms with Gasteiger partial charge in [0, 0.05) is 31.9 Å². The molecule has 0 aliphatic carbocycles. The average Bonchev–Trinajstić information content (AvgIpc) is 3.11. The summed E-state index contributed by atoms with van der Waals surface area (Å²) in [6.45, 7) is 5.58. The molecule has 1 aliphatic heterocycles. The number of rotatable bonds is 6. The second kappa shape index (κ2) is 9.61. The molecule has 0 bridgehead atoms. The van der Waals surface area contributed by atoms with Crippen LogP contribution in [-0.4, -0.2) is 59.2 Å². The van der Waals surface area contributed by atoms with Crippen molar-refractivity contribution in [3.63, 3.8) is 0 Å². The molecule has 1 aromatic heterocycles. The van der Waals surface area contributed by atoms with E-state index in [4.69, 9.17) is 4.74 Å². The van der Waals surface area contributed by atoms with E-state index in [1.54, 1.807) is 0 Å². The SMILES string of the molecule is Cc1nc2ccccc2n1CCNC(=O)Nc1ccc(CC(=O)N2CCOCC2)cc1. The van der Waals surface area contributed by atoms with Crippen molar-refractivity contribution in [2.45, 2.75) is 19.9 Å². The van der Waals surface area contributed by atoms with Crippen molar-refractivity contribution in [2.24, 2.45) is 0 Å². The fourth-order valence-corrected chi connectivity index (χ4v) is 3.74. The summed E-state index contributed by atoms with van der Waals surface area (Å²) in [5.74, 6) is 1.02. The van der Waals surface area contributed by atoms with E-state index in [-0.39, 0.29) is 11.9 Å². The molecule has 8 heteroatoms. The number of urea groups is 1. The molecule has 0 unspecified atom stereocenters. The van der Waals surface area contributed by atoms with Gasteiger partial charge in [-0.3, -0.25) is 4.79 Å². The number of aryl methyl sites for hydroxylation is 1. The Balaban J connectivity index is 1.25. The Bertz CT molecular complexity index is 1050. The van der Waals surface area contributed by atoms with Crippen LogP contribution < -0.4 is 10.6 Å². The van der Waals surface area contributed by atoms with E-state index in [1.807, 2.05) is 60.4 Å². The van der Waals surface area contributed by atoms with Crippen LogP contribution in [0.15, 0.2) is 48.5 Å². The Morgan fingerprint density at radius 3 is 2.58 bits per heavy atom. The van der Waals surface area contributed by atoms with E-state index in [0.29, 0.717) is 51.5 Å². The van der Waals surface area contributed by atoms with Crippen molar-refractivity contribution < 1.29 is 14.3 Å². The highest BCUT2D eigenvalue weighted by Crippen LogP contribution is 2.15. The van der Waals surface area contributed by atoms with E-state index >= 15 is 0 Å². The highest BCUT2D eigenvalue weighted by molar-refractivity contribution is 5.89. The average molecular weight is 422 g/mol. The van der Waals surface area contributed by atoms with Gasteiger partial charge in [-0.1, -0.05) is 24.3 Å². The molecule has 1 aliphatic rings. The molecule has 1 fully saturated rings. The second-order valence-corrected chi connectivity index (χ2v) is 7.55. The number of amides is 3. The standard InChI is InChI=1S/C23H27N5O3/c1-17-25-20-4-2-3-5-21(20)28(17)11-10-24-23(30)26-19-8-6-18(7-9-19)16-22(29)27-12-14-31-15-13-27/h2-9H,10-16H2,1H3,(H2,24,26,30). The first kappa shape index (κ1) is 20.9. The maximum atomic E-state index is 12.3. The number of carbonyl (C=O) groups excluding carboxylic acids is 2. The zero-order valence-electron chi connectivity index (χ0n) is 17.6. The van der Waals surface area contributed by atoms with Crippen LogP contribution in [0.25, 0.3) is 11.0 Å². The van der Waals surface area contributed by atoms with Crippen LogP contribution in [-0.2, 0) is 22.5 Å². The van der Waals surface area contributed by atoms with Crippen LogP contribution in [0, 0.1) is 6.92 Å². The highest BCUT2D eigenvalue weighted by Gasteiger charge is 2.17. The summed E-state index contributed by atoms with van der Waals surface area (Å²) in [5, 5.41) is 5.71. The molecule has 2 aromatic carbocycles. The molecule has 1 saturated heterocycles. The van der Waals surface area contributed by atoms with Gasteiger partial charge in [-0.05, 0) is 36.8 Å². The zero-order valence-corrected chi connectivity index (χ0v) is 17.6. The number of nitrogens with zero attached hydrogens (tertiary/aromatic N) is 3. The normalized spacial score (nSPS) is 13.9. The number of nitrogens with one attached hydrogen (secondary N) is 2. The van der Waals surface area contributed by atoms with Gasteiger partial charge in [0.25, 0.3) is 0 Å². The lowest BCUT2D eigenvalue weighted by molar-refractivity contribution is -0.134. The molecular weight excluding hydrogens is 394 g/mol. The quantitative estimate of drug-likeness (QED) is 0.640. The van der Waals surface area contributed by atoms with E-state index in [1.165, 1.54) is 0 Å². The minimum absolute atomic E-state index is 0.101. The van der Waals surface area contributed by atoms with Crippen molar-refractivity contribution in [3.05, 3.63) is 59.9 Å². The van der Waals surface area contributed by atoms with E-state index in [9.17, 15) is 9.59 Å². The number of para-hydroxylation sites is 2. The molecule has 2 N–H and O–H groups in total. The van der Waals surface area contributed by atoms with Crippen molar-refractivity contribution in [1.29, 1.82) is 0 Å². The predicted octanol–water partition coefficient (Wildman–Crippen LogP) is 2.57. The summed E-state index contributed by atoms with van der Waals surface area (Å²) in [4.78, 5) is 30.9. The summed E-state index contributed by atoms with van der Waals surface area (Å²) in [6, 6.07) is 15.1. The Hall–Kier alpha value is -3.39. The number of morpholine rings is 1. The van der Waals surface area contributed by atoms with Crippen LogP contribution in [0.2, 0.25) is 0 Å². The monoisotopic (exact) mass is 421 g/mol. The smallest absolute Gasteiger partial charge is 0.319 e. The van der Waals surface area contributed by atoms with Crippen molar-refractivity contribution >= 4 is 28.7 Å². The van der Waals surface area contributed by atoms with Crippen LogP contribution in [0.4, 0.5) is 10.5 Å². The first-order valence-corrected chi connectivity index (χ1v) is 10.5. The second-order valence-electron chi connectivity index (χ2n) is 7.55. The molecule has 31 heavy (non-hydrogen) atoms. The molecule has 0 spiro atoms. The molecule has 0 atom stereocenters. The van der Waals surface area contributed by atoms with E-state index in [2.05, 4.69) is 20.2 Å². The lowest BCUT2D eigenvalue weighted by atomic mass is 10.1. The highest BCUT2D eigenvalue weighted by atomic mass is 16.5. The third-order valence-corrected chi connectivity index (χ3v) is 5.40. The largest absolute Gasteiger partial charge is 0.378 e. The van der Waals surface area contributed by atoms with E-state index in [0.717, 1.165) is 22.4 Å². The van der Waals surface area contributed by atoms with Crippen LogP contribution in [0.5, 0.6) is 0 Å². The number of hydrogen-bond acceptors (Lipinski definition) is 4. The van der Waals surface area contributed by atoms with Gasteiger partial charge in [-0.15, -0.1) is 0 Å². The summed E-state index contributed by atoms with van der Waals surface area (Å²) < 4.78 is 7.38. The minimum Gasteiger partial charge on any atom is -0.378 e. The van der Waals surface area contributed by atoms with Gasteiger partial charge >= 0.3 is 6.03 Å². The first-order chi connectivity index (χ1) is 15.1. The summed E-state index contributed by atoms with van der Waals surface area (Å²) in [5.41, 5.74) is 3.62. The first-order valence-electron chi connectivity index (χ1n) is 10.5. The number of aromatic nitrogens is 2. The third-order valence-electron chi connectivity index (χ3n) is 5.40. The maximum absolute atomic E-state index is 12.3. The molecular formula is C23H27N5O3. The number of ether oxygens (including phenoxy) is 1. The number of hydrogen-bond donors (Lipinski definition) is 2. The molecule has 162 valence electrons. The van der Waals surface area contributed by atoms with Crippen molar-refractivity contribution in [2.75, 3.05) is 38.2 Å². The van der Waals surface area contributed by atoms with Gasteiger partial charge in [0.2, 0.25) is 5.91 Å². The number of benzene rings is 2. The molecule has 8 nitrogen and oxygen atoms in total. The van der Waals surface area contributed by atoms with Crippen molar-refractivity contribution in [3.8, 4) is 0 Å². The number of carbonyl (C=O) groups is 2. The number of anilines is 1. The molecule has 3 aromatic rings. The molecule has 0 radical (unpaired) electrons. The maximum Gasteiger partial charge on any atom is 0.319 e. The van der Waals surface area contributed by atoms with E-state index < -0.39 is 0 Å². The molecule has 3 amide bonds. The fraction of sp³-hybridized carbons (Fsp3) is 0.348. The number of fused-ring (bicyclic) bond motifs is 1. The summed E-state index contributed by atoms with van der Waals surface area (Å²) >= 11 is 0. The Morgan fingerprint density at radius 2 is 1.81 bits per heavy atom. The Labute approximate surface area is 181 Å². The van der Waals surface area contributed by atoms with Crippen LogP contribution >= 0.6 is 0 Å². The fourth-order valence-electron chi connectivity index (χ4n) is 3.74. The molecule has 0 saturated carbocycles. The minimum atomic E-state index is -0.265. The zero-order chi connectivity index (χ0) is 21.6.